The van der Waals surface area contributed by atoms with Crippen molar-refractivity contribution in [2.45, 2.75) is 20.7 Å². The number of hydrogen-bond donors (Lipinski definition) is 2. The second-order valence-electron chi connectivity index (χ2n) is 0.632. The molecule has 0 atom stereocenters. The normalized spacial score (nSPS) is 4.88. The highest BCUT2D eigenvalue weighted by molar-refractivity contribution is 15.0. The van der Waals surface area contributed by atoms with Crippen LogP contribution in [0.4, 0.5) is 0 Å². The maximum absolute atomic E-state index is 7.61. The molecule has 52 valence electrons. The van der Waals surface area contributed by atoms with E-state index in [2.05, 4.69) is 37.2 Å². The highest BCUT2D eigenvalue weighted by atomic mass is 128. The average Bonchev–Trinajstić information content (AvgIpc) is 1.75. The van der Waals surface area contributed by atoms with Crippen LogP contribution in [0.5, 0.6) is 0 Å². The summed E-state index contributed by atoms with van der Waals surface area (Å²) in [6.07, 6.45) is 0. The van der Waals surface area contributed by atoms with Crippen LogP contribution in [-0.4, -0.2) is 17.2 Å². The van der Waals surface area contributed by atoms with Gasteiger partial charge < -0.3 is 10.0 Å². The first-order valence-corrected chi connectivity index (χ1v) is 8.52. The van der Waals surface area contributed by atoms with Crippen molar-refractivity contribution >= 4 is 44.4 Å². The van der Waals surface area contributed by atoms with Gasteiger partial charge in [0.1, 0.15) is 0 Å². The molecule has 0 heterocycles. The third kappa shape index (κ3) is 148. The lowest BCUT2D eigenvalue weighted by Gasteiger charge is -1.71. The van der Waals surface area contributed by atoms with Crippen molar-refractivity contribution in [3.8, 4) is 0 Å². The zero-order chi connectivity index (χ0) is 7.58. The molecular weight excluding hydrogens is 333 g/mol. The highest BCUT2D eigenvalue weighted by Crippen LogP contribution is 1.89. The van der Waals surface area contributed by atoms with Crippen molar-refractivity contribution in [1.29, 1.82) is 0 Å². The van der Waals surface area contributed by atoms with Crippen LogP contribution < -0.4 is 0 Å². The van der Waals surface area contributed by atoms with Gasteiger partial charge in [0.05, 0.1) is 0 Å². The molecule has 0 saturated heterocycles. The largest absolute Gasteiger partial charge is 0.448 e. The SMILES string of the molecule is CB(O)O.CC.II. The molecular formula is C3H11BI2O2. The number of hydrogen-bond acceptors (Lipinski definition) is 2. The van der Waals surface area contributed by atoms with Crippen molar-refractivity contribution < 1.29 is 10.0 Å². The Morgan fingerprint density at radius 2 is 1.12 bits per heavy atom. The minimum absolute atomic E-state index is 1.17. The fourth-order valence-corrected chi connectivity index (χ4v) is 0. The van der Waals surface area contributed by atoms with E-state index < -0.39 is 7.12 Å². The molecule has 2 N–H and O–H groups in total. The first-order valence-electron chi connectivity index (χ1n) is 2.24. The van der Waals surface area contributed by atoms with Gasteiger partial charge in [-0.05, 0) is 6.82 Å². The van der Waals surface area contributed by atoms with E-state index in [1.54, 1.807) is 0 Å². The Morgan fingerprint density at radius 1 is 1.12 bits per heavy atom. The summed E-state index contributed by atoms with van der Waals surface area (Å²) in [5, 5.41) is 15.2. The van der Waals surface area contributed by atoms with Crippen LogP contribution in [0.1, 0.15) is 13.8 Å². The lowest BCUT2D eigenvalue weighted by Crippen LogP contribution is -2.00. The molecule has 0 rings (SSSR count). The summed E-state index contributed by atoms with van der Waals surface area (Å²) in [7, 11) is -1.17. The van der Waals surface area contributed by atoms with Gasteiger partial charge in [-0.1, -0.05) is 13.8 Å². The van der Waals surface area contributed by atoms with E-state index in [0.717, 1.165) is 0 Å². The fourth-order valence-electron chi connectivity index (χ4n) is 0. The van der Waals surface area contributed by atoms with E-state index in [0.29, 0.717) is 0 Å². The minimum Gasteiger partial charge on any atom is -0.427 e. The Hall–Kier alpha value is 1.44. The number of halogens is 2. The predicted octanol–water partition coefficient (Wildman–Crippen LogP) is 1.89. The van der Waals surface area contributed by atoms with E-state index in [1.807, 2.05) is 13.8 Å². The van der Waals surface area contributed by atoms with Crippen molar-refractivity contribution in [3.63, 3.8) is 0 Å². The predicted molar refractivity (Wildman–Crippen MR) is 55.4 cm³/mol. The Balaban J connectivity index is -0.0000000542. The Morgan fingerprint density at radius 3 is 1.12 bits per heavy atom. The second-order valence-corrected chi connectivity index (χ2v) is 0.632. The molecule has 0 aromatic heterocycles. The summed E-state index contributed by atoms with van der Waals surface area (Å²) in [5.74, 6) is 0. The molecule has 0 fully saturated rings. The van der Waals surface area contributed by atoms with Gasteiger partial charge in [-0.2, -0.15) is 0 Å². The van der Waals surface area contributed by atoms with E-state index in [9.17, 15) is 0 Å². The summed E-state index contributed by atoms with van der Waals surface area (Å²) < 4.78 is 0. The Kier molecular flexibility index (Phi) is 48.0. The van der Waals surface area contributed by atoms with Gasteiger partial charge in [0.2, 0.25) is 0 Å². The summed E-state index contributed by atoms with van der Waals surface area (Å²) in [6.45, 7) is 5.28. The van der Waals surface area contributed by atoms with Crippen molar-refractivity contribution in [3.05, 3.63) is 0 Å². The van der Waals surface area contributed by atoms with Gasteiger partial charge >= 0.3 is 7.12 Å². The molecule has 0 unspecified atom stereocenters. The van der Waals surface area contributed by atoms with Crippen LogP contribution in [0.3, 0.4) is 0 Å². The van der Waals surface area contributed by atoms with Crippen molar-refractivity contribution in [2.24, 2.45) is 0 Å². The van der Waals surface area contributed by atoms with E-state index in [-0.39, 0.29) is 0 Å². The topological polar surface area (TPSA) is 40.5 Å². The third-order valence-electron chi connectivity index (χ3n) is 0. The molecule has 0 aromatic rings. The van der Waals surface area contributed by atoms with Crippen LogP contribution in [0.2, 0.25) is 6.82 Å². The zero-order valence-corrected chi connectivity index (χ0v) is 9.54. The van der Waals surface area contributed by atoms with Gasteiger partial charge in [-0.3, -0.25) is 0 Å². The molecule has 0 radical (unpaired) electrons. The number of rotatable bonds is 0. The van der Waals surface area contributed by atoms with E-state index in [4.69, 9.17) is 10.0 Å². The molecule has 8 heavy (non-hydrogen) atoms. The zero-order valence-electron chi connectivity index (χ0n) is 5.23. The van der Waals surface area contributed by atoms with Crippen LogP contribution in [0, 0.1) is 0 Å². The van der Waals surface area contributed by atoms with Crippen LogP contribution in [-0.2, 0) is 0 Å². The van der Waals surface area contributed by atoms with Crippen LogP contribution >= 0.6 is 37.2 Å². The molecule has 5 heteroatoms. The van der Waals surface area contributed by atoms with E-state index in [1.165, 1.54) is 6.82 Å². The summed E-state index contributed by atoms with van der Waals surface area (Å²) in [5.41, 5.74) is 0. The minimum atomic E-state index is -1.17. The monoisotopic (exact) mass is 344 g/mol. The van der Waals surface area contributed by atoms with Crippen molar-refractivity contribution in [1.82, 2.24) is 0 Å². The smallest absolute Gasteiger partial charge is 0.427 e. The summed E-state index contributed by atoms with van der Waals surface area (Å²) >= 11 is 4.24. The van der Waals surface area contributed by atoms with Gasteiger partial charge in [0, 0.05) is 37.2 Å². The maximum atomic E-state index is 7.61. The van der Waals surface area contributed by atoms with Crippen LogP contribution in [0.25, 0.3) is 0 Å². The quantitative estimate of drug-likeness (QED) is 0.521. The van der Waals surface area contributed by atoms with E-state index >= 15 is 0 Å². The molecule has 0 spiro atoms. The van der Waals surface area contributed by atoms with Gasteiger partial charge in [0.15, 0.2) is 0 Å². The average molecular weight is 344 g/mol. The third-order valence-corrected chi connectivity index (χ3v) is 0. The Bertz CT molecular complexity index is 20.0. The summed E-state index contributed by atoms with van der Waals surface area (Å²) in [4.78, 5) is 0. The molecule has 0 aliphatic carbocycles. The highest BCUT2D eigenvalue weighted by Gasteiger charge is 1.86. The first kappa shape index (κ1) is 16.2. The first-order chi connectivity index (χ1) is 3.73. The standard InChI is InChI=1S/C2H6.CH5BO2.I2/c1-2;1-2(3)4;1-2/h1-2H3;3-4H,1H3;. The lowest BCUT2D eigenvalue weighted by atomic mass is 9.99. The Labute approximate surface area is 74.5 Å². The molecule has 0 amide bonds. The molecule has 0 aromatic carbocycles. The molecule has 0 aliphatic heterocycles. The van der Waals surface area contributed by atoms with Crippen LogP contribution in [0.15, 0.2) is 0 Å². The fraction of sp³-hybridized carbons (Fsp3) is 1.00. The van der Waals surface area contributed by atoms with Gasteiger partial charge in [-0.25, -0.2) is 0 Å². The molecule has 0 saturated carbocycles. The summed E-state index contributed by atoms with van der Waals surface area (Å²) in [6, 6.07) is 0. The molecule has 2 nitrogen and oxygen atoms in total. The van der Waals surface area contributed by atoms with Crippen molar-refractivity contribution in [2.75, 3.05) is 0 Å². The maximum Gasteiger partial charge on any atom is 0.448 e. The lowest BCUT2D eigenvalue weighted by molar-refractivity contribution is 0.417. The molecule has 0 bridgehead atoms. The van der Waals surface area contributed by atoms with Gasteiger partial charge in [0.25, 0.3) is 0 Å². The second kappa shape index (κ2) is 23.7. The molecule has 0 aliphatic rings. The van der Waals surface area contributed by atoms with Gasteiger partial charge in [-0.15, -0.1) is 0 Å².